The Balaban J connectivity index is 3.15. The minimum absolute atomic E-state index is 0.150. The molecule has 0 radical (unpaired) electrons. The summed E-state index contributed by atoms with van der Waals surface area (Å²) in [5.41, 5.74) is 18.0. The molecule has 0 saturated heterocycles. The lowest BCUT2D eigenvalue weighted by Gasteiger charge is -2.11. The summed E-state index contributed by atoms with van der Waals surface area (Å²) in [6.07, 6.45) is 0. The molecule has 0 unspecified atom stereocenters. The van der Waals surface area contributed by atoms with Crippen LogP contribution in [0.5, 0.6) is 0 Å². The van der Waals surface area contributed by atoms with Crippen molar-refractivity contribution in [2.24, 2.45) is 10.7 Å². The lowest BCUT2D eigenvalue weighted by Crippen LogP contribution is -2.24. The van der Waals surface area contributed by atoms with Gasteiger partial charge in [0.25, 0.3) is 0 Å². The smallest absolute Gasteiger partial charge is 0.222 e. The van der Waals surface area contributed by atoms with Gasteiger partial charge in [-0.1, -0.05) is 22.6 Å². The molecular formula is C7H12IN7. The third kappa shape index (κ3) is 2.81. The molecule has 1 heterocycles. The Bertz CT molecular complexity index is 389. The molecule has 1 rings (SSSR count). The molecule has 0 saturated carbocycles. The average Bonchev–Trinajstić information content (AvgIpc) is 2.21. The minimum atomic E-state index is 0.150. The molecule has 0 bridgehead atoms. The zero-order valence-electron chi connectivity index (χ0n) is 8.16. The van der Waals surface area contributed by atoms with Crippen molar-refractivity contribution in [3.8, 4) is 0 Å². The summed E-state index contributed by atoms with van der Waals surface area (Å²) in [6, 6.07) is 0. The van der Waals surface area contributed by atoms with Crippen LogP contribution >= 0.6 is 22.6 Å². The van der Waals surface area contributed by atoms with Gasteiger partial charge in [-0.15, -0.1) is 0 Å². The Morgan fingerprint density at radius 3 is 2.67 bits per heavy atom. The van der Waals surface area contributed by atoms with Crippen molar-refractivity contribution in [2.45, 2.75) is 4.43 Å². The van der Waals surface area contributed by atoms with Gasteiger partial charge in [0.05, 0.1) is 5.69 Å². The minimum Gasteiger partial charge on any atom is -0.382 e. The predicted molar refractivity (Wildman–Crippen MR) is 69.7 cm³/mol. The first-order valence-electron chi connectivity index (χ1n) is 4.05. The summed E-state index contributed by atoms with van der Waals surface area (Å²) in [5, 5.41) is 2.82. The first kappa shape index (κ1) is 11.8. The Labute approximate surface area is 101 Å². The number of anilines is 3. The molecular weight excluding hydrogens is 309 g/mol. The summed E-state index contributed by atoms with van der Waals surface area (Å²) in [4.78, 5) is 11.6. The van der Waals surface area contributed by atoms with Crippen molar-refractivity contribution in [2.75, 3.05) is 23.8 Å². The monoisotopic (exact) mass is 321 g/mol. The van der Waals surface area contributed by atoms with Crippen LogP contribution in [0.4, 0.5) is 17.5 Å². The first-order valence-corrected chi connectivity index (χ1v) is 5.58. The fourth-order valence-electron chi connectivity index (χ4n) is 0.963. The van der Waals surface area contributed by atoms with Crippen LogP contribution in [0.2, 0.25) is 0 Å². The Kier molecular flexibility index (Phi) is 3.88. The standard InChI is InChI=1S/C7H12IN7/c1-12-6(10)14-4-3(2-8)13-7(11)15-5(4)9/h2H2,1H3,(H3,10,12,14)(H4,9,11,13,15). The number of guanidine groups is 1. The highest BCUT2D eigenvalue weighted by Gasteiger charge is 2.10. The Hall–Kier alpha value is -1.32. The molecule has 0 aliphatic rings. The van der Waals surface area contributed by atoms with Crippen LogP contribution in [0, 0.1) is 0 Å². The van der Waals surface area contributed by atoms with Gasteiger partial charge in [0, 0.05) is 11.5 Å². The lowest BCUT2D eigenvalue weighted by atomic mass is 10.3. The summed E-state index contributed by atoms with van der Waals surface area (Å²) < 4.78 is 0.647. The van der Waals surface area contributed by atoms with E-state index in [9.17, 15) is 0 Å². The molecule has 7 N–H and O–H groups in total. The van der Waals surface area contributed by atoms with Gasteiger partial charge in [-0.05, 0) is 0 Å². The maximum absolute atomic E-state index is 5.69. The number of aromatic nitrogens is 2. The van der Waals surface area contributed by atoms with E-state index >= 15 is 0 Å². The molecule has 0 aromatic carbocycles. The number of hydrogen-bond acceptors (Lipinski definition) is 5. The van der Waals surface area contributed by atoms with E-state index in [1.54, 1.807) is 7.05 Å². The van der Waals surface area contributed by atoms with Crippen LogP contribution < -0.4 is 22.5 Å². The van der Waals surface area contributed by atoms with E-state index in [-0.39, 0.29) is 17.7 Å². The van der Waals surface area contributed by atoms with Gasteiger partial charge in [0.15, 0.2) is 11.8 Å². The molecule has 0 fully saturated rings. The third-order valence-electron chi connectivity index (χ3n) is 1.65. The quantitative estimate of drug-likeness (QED) is 0.261. The number of aliphatic imine (C=N–C) groups is 1. The van der Waals surface area contributed by atoms with Crippen LogP contribution in [0.25, 0.3) is 0 Å². The summed E-state index contributed by atoms with van der Waals surface area (Å²) >= 11 is 2.15. The van der Waals surface area contributed by atoms with Gasteiger partial charge >= 0.3 is 0 Å². The number of hydrogen-bond donors (Lipinski definition) is 4. The molecule has 0 atom stereocenters. The lowest BCUT2D eigenvalue weighted by molar-refractivity contribution is 1.12. The Morgan fingerprint density at radius 2 is 2.13 bits per heavy atom. The molecule has 1 aromatic rings. The van der Waals surface area contributed by atoms with Gasteiger partial charge in [0.1, 0.15) is 5.69 Å². The van der Waals surface area contributed by atoms with Crippen molar-refractivity contribution in [3.63, 3.8) is 0 Å². The molecule has 15 heavy (non-hydrogen) atoms. The molecule has 8 heteroatoms. The summed E-state index contributed by atoms with van der Waals surface area (Å²) in [6.45, 7) is 0. The molecule has 7 nitrogen and oxygen atoms in total. The molecule has 82 valence electrons. The van der Waals surface area contributed by atoms with Gasteiger partial charge in [-0.25, -0.2) is 4.98 Å². The SMILES string of the molecule is CN=C(N)Nc1c(N)nc(N)nc1CI. The van der Waals surface area contributed by atoms with Crippen molar-refractivity contribution < 1.29 is 0 Å². The number of halogens is 1. The number of nitrogens with zero attached hydrogens (tertiary/aromatic N) is 3. The number of nitrogens with one attached hydrogen (secondary N) is 1. The fraction of sp³-hybridized carbons (Fsp3) is 0.286. The second kappa shape index (κ2) is 4.96. The largest absolute Gasteiger partial charge is 0.382 e. The van der Waals surface area contributed by atoms with E-state index in [0.717, 1.165) is 0 Å². The van der Waals surface area contributed by atoms with E-state index in [2.05, 4.69) is 42.9 Å². The highest BCUT2D eigenvalue weighted by atomic mass is 127. The van der Waals surface area contributed by atoms with E-state index in [4.69, 9.17) is 17.2 Å². The maximum atomic E-state index is 5.69. The van der Waals surface area contributed by atoms with Crippen LogP contribution in [0.15, 0.2) is 4.99 Å². The number of nitrogens with two attached hydrogens (primary N) is 3. The first-order chi connectivity index (χ1) is 7.08. The highest BCUT2D eigenvalue weighted by molar-refractivity contribution is 14.1. The number of rotatable bonds is 2. The van der Waals surface area contributed by atoms with Crippen molar-refractivity contribution in [1.82, 2.24) is 9.97 Å². The van der Waals surface area contributed by atoms with Crippen molar-refractivity contribution >= 4 is 46.0 Å². The predicted octanol–water partition coefficient (Wildman–Crippen LogP) is -0.0676. The van der Waals surface area contributed by atoms with Gasteiger partial charge in [-0.3, -0.25) is 4.99 Å². The van der Waals surface area contributed by atoms with Crippen LogP contribution in [0.3, 0.4) is 0 Å². The zero-order valence-corrected chi connectivity index (χ0v) is 10.3. The maximum Gasteiger partial charge on any atom is 0.222 e. The Morgan fingerprint density at radius 1 is 1.47 bits per heavy atom. The second-order valence-corrected chi connectivity index (χ2v) is 3.42. The zero-order chi connectivity index (χ0) is 11.4. The van der Waals surface area contributed by atoms with E-state index in [1.807, 2.05) is 0 Å². The van der Waals surface area contributed by atoms with E-state index in [1.165, 1.54) is 0 Å². The summed E-state index contributed by atoms with van der Waals surface area (Å²) in [7, 11) is 1.57. The number of alkyl halides is 1. The average molecular weight is 321 g/mol. The number of nitrogen functional groups attached to an aromatic ring is 2. The third-order valence-corrected chi connectivity index (χ3v) is 2.37. The molecule has 1 aromatic heterocycles. The molecule has 0 aliphatic carbocycles. The second-order valence-electron chi connectivity index (χ2n) is 2.66. The molecule has 0 spiro atoms. The van der Waals surface area contributed by atoms with Crippen molar-refractivity contribution in [3.05, 3.63) is 5.69 Å². The van der Waals surface area contributed by atoms with E-state index in [0.29, 0.717) is 15.8 Å². The topological polar surface area (TPSA) is 128 Å². The van der Waals surface area contributed by atoms with Crippen LogP contribution in [-0.4, -0.2) is 23.0 Å². The van der Waals surface area contributed by atoms with Gasteiger partial charge in [0.2, 0.25) is 5.95 Å². The summed E-state index contributed by atoms with van der Waals surface area (Å²) in [5.74, 6) is 0.665. The van der Waals surface area contributed by atoms with Crippen molar-refractivity contribution in [1.29, 1.82) is 0 Å². The van der Waals surface area contributed by atoms with Gasteiger partial charge in [-0.2, -0.15) is 4.98 Å². The fourth-order valence-corrected chi connectivity index (χ4v) is 1.52. The van der Waals surface area contributed by atoms with Gasteiger partial charge < -0.3 is 22.5 Å². The molecule has 0 amide bonds. The highest BCUT2D eigenvalue weighted by Crippen LogP contribution is 2.22. The van der Waals surface area contributed by atoms with E-state index < -0.39 is 0 Å². The van der Waals surface area contributed by atoms with Crippen LogP contribution in [0.1, 0.15) is 5.69 Å². The normalized spacial score (nSPS) is 11.5. The van der Waals surface area contributed by atoms with Crippen LogP contribution in [-0.2, 0) is 4.43 Å². The molecule has 0 aliphatic heterocycles.